The zero-order valence-electron chi connectivity index (χ0n) is 7.51. The molecule has 72 valence electrons. The number of H-pyrrole nitrogens is 1. The molecule has 1 aromatic carbocycles. The first kappa shape index (κ1) is 10.2. The van der Waals surface area contributed by atoms with Crippen molar-refractivity contribution in [3.05, 3.63) is 38.1 Å². The molecule has 0 amide bonds. The largest absolute Gasteiger partial charge is 0.281 e. The summed E-state index contributed by atoms with van der Waals surface area (Å²) in [6.45, 7) is 2.03. The first-order valence-corrected chi connectivity index (χ1v) is 6.02. The number of halogens is 2. The fourth-order valence-corrected chi connectivity index (χ4v) is 2.61. The summed E-state index contributed by atoms with van der Waals surface area (Å²) in [7, 11) is 0. The molecule has 0 spiro atoms. The lowest BCUT2D eigenvalue weighted by molar-refractivity contribution is 1.03. The summed E-state index contributed by atoms with van der Waals surface area (Å²) in [4.78, 5) is 0. The normalized spacial score (nSPS) is 10.5. The minimum Gasteiger partial charge on any atom is -0.281 e. The van der Waals surface area contributed by atoms with Gasteiger partial charge in [0.25, 0.3) is 0 Å². The van der Waals surface area contributed by atoms with Crippen molar-refractivity contribution in [1.29, 1.82) is 0 Å². The smallest absolute Gasteiger partial charge is 0.131 e. The molecule has 4 heteroatoms. The van der Waals surface area contributed by atoms with Gasteiger partial charge in [0.05, 0.1) is 0 Å². The second-order valence-corrected chi connectivity index (χ2v) is 4.96. The highest BCUT2D eigenvalue weighted by atomic mass is 127. The van der Waals surface area contributed by atoms with Gasteiger partial charge >= 0.3 is 0 Å². The molecule has 0 saturated carbocycles. The van der Waals surface area contributed by atoms with Crippen molar-refractivity contribution in [3.8, 4) is 11.1 Å². The standard InChI is InChI=1S/C10H8BrIN2/c1-6-9(10(12)14-13-6)7-3-2-4-8(11)5-7/h2-5H,1H3,(H,13,14). The van der Waals surface area contributed by atoms with Crippen LogP contribution in [0.5, 0.6) is 0 Å². The van der Waals surface area contributed by atoms with E-state index in [0.717, 1.165) is 13.9 Å². The molecule has 2 aromatic rings. The molecule has 0 atom stereocenters. The minimum absolute atomic E-state index is 1.01. The second-order valence-electron chi connectivity index (χ2n) is 3.02. The van der Waals surface area contributed by atoms with Crippen LogP contribution in [0.4, 0.5) is 0 Å². The van der Waals surface area contributed by atoms with Crippen LogP contribution in [-0.2, 0) is 0 Å². The van der Waals surface area contributed by atoms with Crippen molar-refractivity contribution in [1.82, 2.24) is 10.2 Å². The molecule has 2 nitrogen and oxygen atoms in total. The van der Waals surface area contributed by atoms with Crippen LogP contribution >= 0.6 is 38.5 Å². The Bertz CT molecular complexity index is 445. The van der Waals surface area contributed by atoms with Crippen LogP contribution < -0.4 is 0 Å². The molecule has 2 rings (SSSR count). The molecule has 0 bridgehead atoms. The minimum atomic E-state index is 1.01. The van der Waals surface area contributed by atoms with Gasteiger partial charge in [0, 0.05) is 15.7 Å². The fraction of sp³-hybridized carbons (Fsp3) is 0.100. The summed E-state index contributed by atoms with van der Waals surface area (Å²) >= 11 is 5.70. The Morgan fingerprint density at radius 2 is 2.21 bits per heavy atom. The third-order valence-electron chi connectivity index (χ3n) is 2.02. The van der Waals surface area contributed by atoms with E-state index in [1.54, 1.807) is 0 Å². The summed E-state index contributed by atoms with van der Waals surface area (Å²) in [6.07, 6.45) is 0. The summed E-state index contributed by atoms with van der Waals surface area (Å²) in [6, 6.07) is 8.23. The Hall–Kier alpha value is -0.360. The van der Waals surface area contributed by atoms with Crippen molar-refractivity contribution >= 4 is 38.5 Å². The highest BCUT2D eigenvalue weighted by Gasteiger charge is 2.09. The molecule has 0 saturated heterocycles. The van der Waals surface area contributed by atoms with E-state index in [1.165, 1.54) is 11.1 Å². The number of aromatic amines is 1. The van der Waals surface area contributed by atoms with Gasteiger partial charge in [-0.3, -0.25) is 5.10 Å². The molecular formula is C10H8BrIN2. The monoisotopic (exact) mass is 362 g/mol. The van der Waals surface area contributed by atoms with Crippen molar-refractivity contribution in [2.75, 3.05) is 0 Å². The maximum absolute atomic E-state index is 4.17. The van der Waals surface area contributed by atoms with Gasteiger partial charge in [-0.25, -0.2) is 0 Å². The fourth-order valence-electron chi connectivity index (χ4n) is 1.38. The molecule has 0 unspecified atom stereocenters. The molecule has 1 heterocycles. The number of benzene rings is 1. The van der Waals surface area contributed by atoms with Gasteiger partial charge < -0.3 is 0 Å². The SMILES string of the molecule is Cc1[nH]nc(I)c1-c1cccc(Br)c1. The van der Waals surface area contributed by atoms with Gasteiger partial charge in [0.1, 0.15) is 3.70 Å². The van der Waals surface area contributed by atoms with Crippen LogP contribution in [0.15, 0.2) is 28.7 Å². The van der Waals surface area contributed by atoms with Gasteiger partial charge in [-0.15, -0.1) is 0 Å². The molecule has 0 fully saturated rings. The maximum Gasteiger partial charge on any atom is 0.131 e. The highest BCUT2D eigenvalue weighted by molar-refractivity contribution is 14.1. The molecule has 14 heavy (non-hydrogen) atoms. The summed E-state index contributed by atoms with van der Waals surface area (Å²) in [5, 5.41) is 7.15. The van der Waals surface area contributed by atoms with E-state index < -0.39 is 0 Å². The van der Waals surface area contributed by atoms with Crippen LogP contribution in [0.3, 0.4) is 0 Å². The molecular weight excluding hydrogens is 355 g/mol. The van der Waals surface area contributed by atoms with Gasteiger partial charge in [-0.1, -0.05) is 28.1 Å². The van der Waals surface area contributed by atoms with E-state index >= 15 is 0 Å². The number of rotatable bonds is 1. The third kappa shape index (κ3) is 1.86. The maximum atomic E-state index is 4.17. The third-order valence-corrected chi connectivity index (χ3v) is 3.29. The van der Waals surface area contributed by atoms with E-state index in [0.29, 0.717) is 0 Å². The molecule has 1 aromatic heterocycles. The van der Waals surface area contributed by atoms with E-state index in [4.69, 9.17) is 0 Å². The number of aromatic nitrogens is 2. The van der Waals surface area contributed by atoms with Crippen LogP contribution in [0.1, 0.15) is 5.69 Å². The quantitative estimate of drug-likeness (QED) is 0.769. The average Bonchev–Trinajstić information content (AvgIpc) is 2.46. The summed E-state index contributed by atoms with van der Waals surface area (Å²) in [5.41, 5.74) is 3.48. The lowest BCUT2D eigenvalue weighted by atomic mass is 10.1. The Balaban J connectivity index is 2.59. The van der Waals surface area contributed by atoms with Crippen molar-refractivity contribution in [2.24, 2.45) is 0 Å². The first-order valence-electron chi connectivity index (χ1n) is 4.15. The van der Waals surface area contributed by atoms with Crippen LogP contribution in [0.25, 0.3) is 11.1 Å². The number of aryl methyl sites for hydroxylation is 1. The second kappa shape index (κ2) is 4.02. The van der Waals surface area contributed by atoms with E-state index in [2.05, 4.69) is 60.9 Å². The lowest BCUT2D eigenvalue weighted by Crippen LogP contribution is -1.81. The summed E-state index contributed by atoms with van der Waals surface area (Å²) in [5.74, 6) is 0. The zero-order valence-corrected chi connectivity index (χ0v) is 11.3. The number of nitrogens with one attached hydrogen (secondary N) is 1. The number of nitrogens with zero attached hydrogens (tertiary/aromatic N) is 1. The van der Waals surface area contributed by atoms with Gasteiger partial charge in [0.2, 0.25) is 0 Å². The lowest BCUT2D eigenvalue weighted by Gasteiger charge is -2.00. The first-order chi connectivity index (χ1) is 6.68. The molecule has 0 aliphatic carbocycles. The van der Waals surface area contributed by atoms with E-state index in [9.17, 15) is 0 Å². The molecule has 0 aliphatic rings. The van der Waals surface area contributed by atoms with Crippen molar-refractivity contribution in [2.45, 2.75) is 6.92 Å². The Labute approximate surface area is 104 Å². The van der Waals surface area contributed by atoms with Gasteiger partial charge in [-0.05, 0) is 47.2 Å². The van der Waals surface area contributed by atoms with Crippen molar-refractivity contribution < 1.29 is 0 Å². The molecule has 0 aliphatic heterocycles. The zero-order chi connectivity index (χ0) is 10.1. The van der Waals surface area contributed by atoms with Crippen LogP contribution in [0, 0.1) is 10.6 Å². The predicted octanol–water partition coefficient (Wildman–Crippen LogP) is 3.75. The Kier molecular flexibility index (Phi) is 2.92. The highest BCUT2D eigenvalue weighted by Crippen LogP contribution is 2.28. The average molecular weight is 363 g/mol. The number of hydrogen-bond donors (Lipinski definition) is 1. The summed E-state index contributed by atoms with van der Waals surface area (Å²) < 4.78 is 2.10. The van der Waals surface area contributed by atoms with Crippen LogP contribution in [-0.4, -0.2) is 10.2 Å². The van der Waals surface area contributed by atoms with Crippen LogP contribution in [0.2, 0.25) is 0 Å². The van der Waals surface area contributed by atoms with Crippen molar-refractivity contribution in [3.63, 3.8) is 0 Å². The van der Waals surface area contributed by atoms with E-state index in [-0.39, 0.29) is 0 Å². The molecule has 0 radical (unpaired) electrons. The number of hydrogen-bond acceptors (Lipinski definition) is 1. The Morgan fingerprint density at radius 1 is 1.43 bits per heavy atom. The molecule has 1 N–H and O–H groups in total. The predicted molar refractivity (Wildman–Crippen MR) is 69.2 cm³/mol. The topological polar surface area (TPSA) is 28.7 Å². The van der Waals surface area contributed by atoms with E-state index in [1.807, 2.05) is 19.1 Å². The van der Waals surface area contributed by atoms with Gasteiger partial charge in [0.15, 0.2) is 0 Å². The Morgan fingerprint density at radius 3 is 2.79 bits per heavy atom. The van der Waals surface area contributed by atoms with Gasteiger partial charge in [-0.2, -0.15) is 5.10 Å².